The minimum atomic E-state index is -1.12. The first-order chi connectivity index (χ1) is 21.8. The number of rotatable bonds is 6. The number of fused-ring (bicyclic) bond motifs is 2. The van der Waals surface area contributed by atoms with Gasteiger partial charge in [-0.3, -0.25) is 4.79 Å². The standard InChI is InChI=1S/C35H42N4O7/c1-18-11-23(40)30-25(43-18)16-24-21(31(30)41)15-26(33(2,3)45-24)44-32(42)34(4)27(46-34)17-35(8-5-6-9-35)20-13-22(39-29(37)14-20)19-7-10-38-28(36)12-19/h7,11-14,16,22,26-27,38-39,41H,5-6,8-10,15,17,36-37H2,1-4H3. The third-order valence-corrected chi connectivity index (χ3v) is 10.4. The summed E-state index contributed by atoms with van der Waals surface area (Å²) in [5.41, 5.74) is 12.8. The van der Waals surface area contributed by atoms with E-state index in [1.165, 1.54) is 6.07 Å². The Morgan fingerprint density at radius 2 is 1.89 bits per heavy atom. The Labute approximate surface area is 267 Å². The van der Waals surface area contributed by atoms with E-state index in [1.54, 1.807) is 19.9 Å². The number of ether oxygens (including phenoxy) is 3. The Morgan fingerprint density at radius 3 is 2.63 bits per heavy atom. The second-order valence-electron chi connectivity index (χ2n) is 14.0. The molecule has 7 N–H and O–H groups in total. The number of benzene rings is 1. The number of aromatic hydroxyl groups is 1. The van der Waals surface area contributed by atoms with Gasteiger partial charge >= 0.3 is 5.97 Å². The number of phenolic OH excluding ortho intramolecular Hbond substituents is 1. The van der Waals surface area contributed by atoms with E-state index in [-0.39, 0.29) is 46.1 Å². The average molecular weight is 631 g/mol. The predicted molar refractivity (Wildman–Crippen MR) is 172 cm³/mol. The van der Waals surface area contributed by atoms with Crippen LogP contribution in [-0.2, 0) is 20.7 Å². The maximum atomic E-state index is 13.8. The molecule has 0 spiro atoms. The zero-order valence-electron chi connectivity index (χ0n) is 26.7. The fourth-order valence-corrected chi connectivity index (χ4v) is 7.59. The third-order valence-electron chi connectivity index (χ3n) is 10.4. The smallest absolute Gasteiger partial charge is 0.341 e. The molecule has 0 bridgehead atoms. The molecule has 1 aromatic heterocycles. The van der Waals surface area contributed by atoms with Crippen molar-refractivity contribution in [2.45, 2.75) is 95.7 Å². The maximum Gasteiger partial charge on any atom is 0.341 e. The predicted octanol–water partition coefficient (Wildman–Crippen LogP) is 3.57. The zero-order chi connectivity index (χ0) is 32.6. The first-order valence-electron chi connectivity index (χ1n) is 16.0. The lowest BCUT2D eigenvalue weighted by Crippen LogP contribution is -2.50. The molecule has 1 aliphatic carbocycles. The molecule has 46 heavy (non-hydrogen) atoms. The molecule has 2 aromatic rings. The van der Waals surface area contributed by atoms with Crippen LogP contribution in [0, 0.1) is 12.3 Å². The van der Waals surface area contributed by atoms with E-state index in [2.05, 4.69) is 22.8 Å². The molecule has 7 rings (SSSR count). The topological polar surface area (TPSA) is 175 Å². The monoisotopic (exact) mass is 630 g/mol. The third kappa shape index (κ3) is 5.10. The molecular weight excluding hydrogens is 588 g/mol. The van der Waals surface area contributed by atoms with Crippen LogP contribution in [0.2, 0.25) is 0 Å². The van der Waals surface area contributed by atoms with E-state index in [0.29, 0.717) is 41.7 Å². The summed E-state index contributed by atoms with van der Waals surface area (Å²) >= 11 is 0. The Kier molecular flexibility index (Phi) is 6.97. The molecule has 244 valence electrons. The number of hydrogen-bond donors (Lipinski definition) is 5. The summed E-state index contributed by atoms with van der Waals surface area (Å²) < 4.78 is 24.2. The molecule has 2 fully saturated rings. The molecule has 0 amide bonds. The van der Waals surface area contributed by atoms with Gasteiger partial charge in [0, 0.05) is 30.7 Å². The van der Waals surface area contributed by atoms with Crippen molar-refractivity contribution in [1.82, 2.24) is 10.6 Å². The Hall–Kier alpha value is -4.38. The van der Waals surface area contributed by atoms with Crippen LogP contribution in [0.25, 0.3) is 11.0 Å². The molecular formula is C35H42N4O7. The van der Waals surface area contributed by atoms with Crippen LogP contribution >= 0.6 is 0 Å². The number of esters is 1. The number of hydrogen-bond acceptors (Lipinski definition) is 11. The van der Waals surface area contributed by atoms with Gasteiger partial charge in [0.05, 0.1) is 23.8 Å². The second-order valence-corrected chi connectivity index (χ2v) is 14.0. The summed E-state index contributed by atoms with van der Waals surface area (Å²) in [7, 11) is 0. The zero-order valence-corrected chi connectivity index (χ0v) is 26.7. The summed E-state index contributed by atoms with van der Waals surface area (Å²) in [5.74, 6) is 1.36. The molecule has 0 radical (unpaired) electrons. The number of aryl methyl sites for hydroxylation is 1. The lowest BCUT2D eigenvalue weighted by Gasteiger charge is -2.39. The molecule has 1 saturated carbocycles. The van der Waals surface area contributed by atoms with E-state index in [0.717, 1.165) is 36.8 Å². The van der Waals surface area contributed by atoms with E-state index in [1.807, 2.05) is 26.0 Å². The molecule has 11 heteroatoms. The average Bonchev–Trinajstić information content (AvgIpc) is 3.39. The maximum absolute atomic E-state index is 13.8. The molecule has 1 saturated heterocycles. The normalized spacial score (nSPS) is 29.2. The van der Waals surface area contributed by atoms with Crippen molar-refractivity contribution >= 4 is 16.9 Å². The van der Waals surface area contributed by atoms with E-state index in [9.17, 15) is 14.7 Å². The van der Waals surface area contributed by atoms with Crippen molar-refractivity contribution in [3.8, 4) is 11.5 Å². The van der Waals surface area contributed by atoms with Gasteiger partial charge in [-0.15, -0.1) is 0 Å². The van der Waals surface area contributed by atoms with Crippen LogP contribution in [0.1, 0.15) is 64.2 Å². The summed E-state index contributed by atoms with van der Waals surface area (Å²) in [6.45, 7) is 7.78. The minimum absolute atomic E-state index is 0.0808. The lowest BCUT2D eigenvalue weighted by molar-refractivity contribution is -0.167. The van der Waals surface area contributed by atoms with Crippen molar-refractivity contribution in [2.75, 3.05) is 6.54 Å². The number of allylic oxidation sites excluding steroid dienone is 2. The highest BCUT2D eigenvalue weighted by atomic mass is 16.7. The van der Waals surface area contributed by atoms with Crippen LogP contribution in [0.15, 0.2) is 68.4 Å². The van der Waals surface area contributed by atoms with Gasteiger partial charge in [-0.2, -0.15) is 0 Å². The van der Waals surface area contributed by atoms with Crippen molar-refractivity contribution in [3.63, 3.8) is 0 Å². The van der Waals surface area contributed by atoms with E-state index < -0.39 is 23.3 Å². The Morgan fingerprint density at radius 1 is 1.13 bits per heavy atom. The van der Waals surface area contributed by atoms with E-state index >= 15 is 0 Å². The van der Waals surface area contributed by atoms with E-state index in [4.69, 9.17) is 30.1 Å². The fraction of sp³-hybridized carbons (Fsp3) is 0.486. The molecule has 5 heterocycles. The summed E-state index contributed by atoms with van der Waals surface area (Å²) in [6, 6.07) is 2.86. The molecule has 11 nitrogen and oxygen atoms in total. The fourth-order valence-electron chi connectivity index (χ4n) is 7.59. The number of carbonyl (C=O) groups is 1. The van der Waals surface area contributed by atoms with Crippen LogP contribution in [0.4, 0.5) is 0 Å². The van der Waals surface area contributed by atoms with Gasteiger partial charge in [0.15, 0.2) is 11.0 Å². The number of dihydropyridines is 2. The number of carbonyl (C=O) groups excluding carboxylic acids is 1. The SMILES string of the molecule is Cc1cc(=O)c2c(O)c3c(cc2o1)OC(C)(C)C(OC(=O)C1(C)OC1CC1(C2=CC(C4=CCNC(N)=C4)NC(N)=C2)CCCC1)C3. The number of epoxide rings is 1. The minimum Gasteiger partial charge on any atom is -0.507 e. The highest BCUT2D eigenvalue weighted by Gasteiger charge is 2.63. The Bertz CT molecular complexity index is 1810. The van der Waals surface area contributed by atoms with Crippen LogP contribution in [-0.4, -0.2) is 47.1 Å². The molecule has 4 aliphatic heterocycles. The van der Waals surface area contributed by atoms with Gasteiger partial charge in [-0.25, -0.2) is 4.79 Å². The molecule has 5 aliphatic rings. The highest BCUT2D eigenvalue weighted by molar-refractivity contribution is 5.87. The number of phenols is 1. The number of nitrogens with two attached hydrogens (primary N) is 2. The number of nitrogens with one attached hydrogen (secondary N) is 2. The van der Waals surface area contributed by atoms with Crippen molar-refractivity contribution < 1.29 is 28.5 Å². The van der Waals surface area contributed by atoms with Crippen LogP contribution in [0.5, 0.6) is 11.5 Å². The molecule has 4 atom stereocenters. The van der Waals surface area contributed by atoms with Gasteiger partial charge in [0.1, 0.15) is 39.9 Å². The first-order valence-corrected chi connectivity index (χ1v) is 16.0. The first kappa shape index (κ1) is 30.3. The van der Waals surface area contributed by atoms with Gasteiger partial charge in [-0.1, -0.05) is 25.0 Å². The largest absolute Gasteiger partial charge is 0.507 e. The van der Waals surface area contributed by atoms with Gasteiger partial charge < -0.3 is 45.8 Å². The summed E-state index contributed by atoms with van der Waals surface area (Å²) in [6.07, 6.45) is 12.2. The van der Waals surface area contributed by atoms with Crippen molar-refractivity contribution in [1.29, 1.82) is 0 Å². The lowest BCUT2D eigenvalue weighted by atomic mass is 9.72. The van der Waals surface area contributed by atoms with Crippen LogP contribution < -0.4 is 32.3 Å². The van der Waals surface area contributed by atoms with Gasteiger partial charge in [-0.05, 0) is 75.7 Å². The van der Waals surface area contributed by atoms with Gasteiger partial charge in [0.2, 0.25) is 0 Å². The second kappa shape index (κ2) is 10.6. The molecule has 4 unspecified atom stereocenters. The summed E-state index contributed by atoms with van der Waals surface area (Å²) in [4.78, 5) is 26.5. The van der Waals surface area contributed by atoms with Gasteiger partial charge in [0.25, 0.3) is 0 Å². The summed E-state index contributed by atoms with van der Waals surface area (Å²) in [5, 5.41) is 17.7. The molecule has 1 aromatic carbocycles. The van der Waals surface area contributed by atoms with Crippen molar-refractivity contribution in [3.05, 3.63) is 80.8 Å². The quantitative estimate of drug-likeness (QED) is 0.233. The van der Waals surface area contributed by atoms with Crippen molar-refractivity contribution in [2.24, 2.45) is 16.9 Å². The Balaban J connectivity index is 1.10. The van der Waals surface area contributed by atoms with Crippen LogP contribution in [0.3, 0.4) is 0 Å². The highest BCUT2D eigenvalue weighted by Crippen LogP contribution is 2.55.